The minimum atomic E-state index is 0.415. The molecule has 0 aliphatic rings. The summed E-state index contributed by atoms with van der Waals surface area (Å²) in [6.45, 7) is 7.72. The molecular formula is C16H25N5. The van der Waals surface area contributed by atoms with Gasteiger partial charge in [-0.3, -0.25) is 0 Å². The topological polar surface area (TPSA) is 55.6 Å². The van der Waals surface area contributed by atoms with Crippen molar-refractivity contribution in [2.24, 2.45) is 5.92 Å². The fourth-order valence-electron chi connectivity index (χ4n) is 2.48. The van der Waals surface area contributed by atoms with Crippen LogP contribution in [0.3, 0.4) is 0 Å². The Labute approximate surface area is 126 Å². The zero-order chi connectivity index (χ0) is 15.1. The van der Waals surface area contributed by atoms with Crippen molar-refractivity contribution in [3.8, 4) is 5.69 Å². The first-order valence-corrected chi connectivity index (χ1v) is 7.76. The average Bonchev–Trinajstić information content (AvgIpc) is 2.93. The zero-order valence-corrected chi connectivity index (χ0v) is 13.2. The molecule has 5 nitrogen and oxygen atoms in total. The number of aromatic nitrogens is 4. The number of tetrazole rings is 1. The molecule has 2 rings (SSSR count). The lowest BCUT2D eigenvalue weighted by atomic mass is 10.0. The van der Waals surface area contributed by atoms with Crippen molar-refractivity contribution in [1.82, 2.24) is 25.5 Å². The maximum atomic E-state index is 4.21. The fourth-order valence-corrected chi connectivity index (χ4v) is 2.48. The third-order valence-electron chi connectivity index (χ3n) is 3.40. The molecule has 1 unspecified atom stereocenters. The quantitative estimate of drug-likeness (QED) is 0.811. The van der Waals surface area contributed by atoms with Gasteiger partial charge >= 0.3 is 0 Å². The van der Waals surface area contributed by atoms with Crippen LogP contribution in [0.5, 0.6) is 0 Å². The van der Waals surface area contributed by atoms with E-state index in [1.54, 1.807) is 0 Å². The van der Waals surface area contributed by atoms with Crippen molar-refractivity contribution >= 4 is 0 Å². The van der Waals surface area contributed by atoms with Crippen LogP contribution in [0.1, 0.15) is 39.4 Å². The van der Waals surface area contributed by atoms with E-state index in [1.807, 2.05) is 35.0 Å². The molecule has 0 amide bonds. The molecule has 1 atom stereocenters. The number of hydrogen-bond donors (Lipinski definition) is 1. The Bertz CT molecular complexity index is 520. The van der Waals surface area contributed by atoms with E-state index in [0.717, 1.165) is 37.3 Å². The van der Waals surface area contributed by atoms with Crippen LogP contribution >= 0.6 is 0 Å². The lowest BCUT2D eigenvalue weighted by Gasteiger charge is -2.20. The van der Waals surface area contributed by atoms with E-state index in [0.29, 0.717) is 12.0 Å². The minimum Gasteiger partial charge on any atom is -0.314 e. The number of nitrogens with one attached hydrogen (secondary N) is 1. The van der Waals surface area contributed by atoms with Crippen LogP contribution in [-0.2, 0) is 6.42 Å². The molecule has 0 fully saturated rings. The smallest absolute Gasteiger partial charge is 0.158 e. The van der Waals surface area contributed by atoms with Gasteiger partial charge in [0.15, 0.2) is 5.82 Å². The highest BCUT2D eigenvalue weighted by molar-refractivity contribution is 5.30. The standard InChI is InChI=1S/C16H25N5/c1-4-10-17-14(11-13(2)3)12-16-18-19-20-21(16)15-8-6-5-7-9-15/h5-9,13-14,17H,4,10-12H2,1-3H3. The van der Waals surface area contributed by atoms with Crippen LogP contribution < -0.4 is 5.32 Å². The maximum Gasteiger partial charge on any atom is 0.158 e. The number of para-hydroxylation sites is 1. The van der Waals surface area contributed by atoms with Gasteiger partial charge < -0.3 is 5.32 Å². The molecule has 1 aromatic carbocycles. The van der Waals surface area contributed by atoms with Gasteiger partial charge in [-0.1, -0.05) is 39.0 Å². The Morgan fingerprint density at radius 2 is 1.95 bits per heavy atom. The van der Waals surface area contributed by atoms with Gasteiger partial charge in [0.2, 0.25) is 0 Å². The van der Waals surface area contributed by atoms with E-state index in [9.17, 15) is 0 Å². The summed E-state index contributed by atoms with van der Waals surface area (Å²) in [6.07, 6.45) is 3.11. The van der Waals surface area contributed by atoms with E-state index in [1.165, 1.54) is 0 Å². The average molecular weight is 287 g/mol. The van der Waals surface area contributed by atoms with Crippen LogP contribution in [0.15, 0.2) is 30.3 Å². The van der Waals surface area contributed by atoms with Gasteiger partial charge in [0.25, 0.3) is 0 Å². The van der Waals surface area contributed by atoms with Gasteiger partial charge in [-0.25, -0.2) is 0 Å². The van der Waals surface area contributed by atoms with Crippen LogP contribution in [-0.4, -0.2) is 32.8 Å². The molecule has 0 aliphatic heterocycles. The molecule has 1 heterocycles. The molecule has 0 spiro atoms. The van der Waals surface area contributed by atoms with E-state index < -0.39 is 0 Å². The fraction of sp³-hybridized carbons (Fsp3) is 0.562. The zero-order valence-electron chi connectivity index (χ0n) is 13.2. The highest BCUT2D eigenvalue weighted by atomic mass is 15.5. The van der Waals surface area contributed by atoms with E-state index >= 15 is 0 Å². The Morgan fingerprint density at radius 3 is 2.62 bits per heavy atom. The molecular weight excluding hydrogens is 262 g/mol. The van der Waals surface area contributed by atoms with Gasteiger partial charge in [0, 0.05) is 12.5 Å². The van der Waals surface area contributed by atoms with E-state index in [2.05, 4.69) is 41.6 Å². The molecule has 1 aromatic heterocycles. The number of nitrogens with zero attached hydrogens (tertiary/aromatic N) is 4. The second-order valence-electron chi connectivity index (χ2n) is 5.83. The highest BCUT2D eigenvalue weighted by Gasteiger charge is 2.16. The lowest BCUT2D eigenvalue weighted by Crippen LogP contribution is -2.34. The summed E-state index contributed by atoms with van der Waals surface area (Å²) in [5, 5.41) is 15.8. The minimum absolute atomic E-state index is 0.415. The summed E-state index contributed by atoms with van der Waals surface area (Å²) < 4.78 is 1.83. The Morgan fingerprint density at radius 1 is 1.19 bits per heavy atom. The third-order valence-corrected chi connectivity index (χ3v) is 3.40. The number of rotatable bonds is 8. The summed E-state index contributed by atoms with van der Waals surface area (Å²) in [5.41, 5.74) is 1.01. The molecule has 0 bridgehead atoms. The summed E-state index contributed by atoms with van der Waals surface area (Å²) >= 11 is 0. The van der Waals surface area contributed by atoms with Crippen molar-refractivity contribution in [1.29, 1.82) is 0 Å². The van der Waals surface area contributed by atoms with Crippen molar-refractivity contribution in [3.63, 3.8) is 0 Å². The normalized spacial score (nSPS) is 12.8. The van der Waals surface area contributed by atoms with Crippen molar-refractivity contribution in [3.05, 3.63) is 36.2 Å². The Kier molecular flexibility index (Phi) is 5.87. The van der Waals surface area contributed by atoms with Gasteiger partial charge in [-0.2, -0.15) is 4.68 Å². The van der Waals surface area contributed by atoms with Gasteiger partial charge in [-0.15, -0.1) is 5.10 Å². The SMILES string of the molecule is CCCNC(Cc1nnnn1-c1ccccc1)CC(C)C. The van der Waals surface area contributed by atoms with Gasteiger partial charge in [0.05, 0.1) is 5.69 Å². The molecule has 0 radical (unpaired) electrons. The Balaban J connectivity index is 2.12. The van der Waals surface area contributed by atoms with Crippen molar-refractivity contribution in [2.75, 3.05) is 6.54 Å². The maximum absolute atomic E-state index is 4.21. The largest absolute Gasteiger partial charge is 0.314 e. The van der Waals surface area contributed by atoms with Gasteiger partial charge in [0.1, 0.15) is 0 Å². The van der Waals surface area contributed by atoms with Crippen molar-refractivity contribution < 1.29 is 0 Å². The van der Waals surface area contributed by atoms with E-state index in [4.69, 9.17) is 0 Å². The predicted octanol–water partition coefficient (Wildman–Crippen LogP) is 2.62. The van der Waals surface area contributed by atoms with Crippen LogP contribution in [0.25, 0.3) is 5.69 Å². The molecule has 5 heteroatoms. The first-order chi connectivity index (χ1) is 10.2. The molecule has 2 aromatic rings. The predicted molar refractivity (Wildman–Crippen MR) is 84.4 cm³/mol. The number of benzene rings is 1. The van der Waals surface area contributed by atoms with Crippen LogP contribution in [0.4, 0.5) is 0 Å². The summed E-state index contributed by atoms with van der Waals surface area (Å²) in [5.74, 6) is 1.57. The second-order valence-corrected chi connectivity index (χ2v) is 5.83. The summed E-state index contributed by atoms with van der Waals surface area (Å²) in [6, 6.07) is 10.5. The molecule has 21 heavy (non-hydrogen) atoms. The number of hydrogen-bond acceptors (Lipinski definition) is 4. The molecule has 0 saturated heterocycles. The van der Waals surface area contributed by atoms with E-state index in [-0.39, 0.29) is 0 Å². The molecule has 114 valence electrons. The molecule has 1 N–H and O–H groups in total. The third kappa shape index (κ3) is 4.63. The summed E-state index contributed by atoms with van der Waals surface area (Å²) in [7, 11) is 0. The highest BCUT2D eigenvalue weighted by Crippen LogP contribution is 2.12. The molecule has 0 aliphatic carbocycles. The Hall–Kier alpha value is -1.75. The first-order valence-electron chi connectivity index (χ1n) is 7.76. The molecule has 0 saturated carbocycles. The van der Waals surface area contributed by atoms with Crippen LogP contribution in [0, 0.1) is 5.92 Å². The second kappa shape index (κ2) is 7.88. The monoisotopic (exact) mass is 287 g/mol. The van der Waals surface area contributed by atoms with Crippen LogP contribution in [0.2, 0.25) is 0 Å². The van der Waals surface area contributed by atoms with Crippen molar-refractivity contribution in [2.45, 2.75) is 46.1 Å². The lowest BCUT2D eigenvalue weighted by molar-refractivity contribution is 0.408. The van der Waals surface area contributed by atoms with Gasteiger partial charge in [-0.05, 0) is 47.9 Å². The summed E-state index contributed by atoms with van der Waals surface area (Å²) in [4.78, 5) is 0. The first kappa shape index (κ1) is 15.6.